The lowest BCUT2D eigenvalue weighted by Gasteiger charge is -2.43. The van der Waals surface area contributed by atoms with E-state index < -0.39 is 82.0 Å². The number of rotatable bonds is 29. The van der Waals surface area contributed by atoms with E-state index in [0.29, 0.717) is 50.1 Å². The monoisotopic (exact) mass is 1050 g/mol. The number of nitrogens with zero attached hydrogens (tertiary/aromatic N) is 4. The van der Waals surface area contributed by atoms with Crippen LogP contribution in [0.1, 0.15) is 117 Å². The molecule has 20 heteroatoms. The molecule has 6 amide bonds. The van der Waals surface area contributed by atoms with Crippen LogP contribution in [-0.4, -0.2) is 158 Å². The predicted molar refractivity (Wildman–Crippen MR) is 277 cm³/mol. The Balaban J connectivity index is 1.44. The van der Waals surface area contributed by atoms with Gasteiger partial charge in [0.05, 0.1) is 47.6 Å². The van der Waals surface area contributed by atoms with Crippen LogP contribution in [0.25, 0.3) is 0 Å². The molecule has 4 rings (SSSR count). The minimum absolute atomic E-state index is 0.00966. The highest BCUT2D eigenvalue weighted by atomic mass is 32.2. The van der Waals surface area contributed by atoms with Crippen LogP contribution in [0.4, 0.5) is 0 Å². The van der Waals surface area contributed by atoms with E-state index in [1.54, 1.807) is 50.1 Å². The number of hydrogen-bond acceptors (Lipinski definition) is 14. The van der Waals surface area contributed by atoms with Crippen LogP contribution in [0, 0.1) is 23.7 Å². The van der Waals surface area contributed by atoms with Gasteiger partial charge in [-0.2, -0.15) is 8.42 Å². The zero-order chi connectivity index (χ0) is 55.0. The van der Waals surface area contributed by atoms with Gasteiger partial charge in [0.15, 0.2) is 0 Å². The second kappa shape index (κ2) is 28.7. The van der Waals surface area contributed by atoms with Gasteiger partial charge in [-0.25, -0.2) is 4.79 Å². The second-order valence-corrected chi connectivity index (χ2v) is 22.1. The molecule has 2 fully saturated rings. The summed E-state index contributed by atoms with van der Waals surface area (Å²) in [5, 5.41) is 6.44. The van der Waals surface area contributed by atoms with Gasteiger partial charge in [-0.15, -0.1) is 5.06 Å². The van der Waals surface area contributed by atoms with Gasteiger partial charge in [-0.05, 0) is 100 Å². The summed E-state index contributed by atoms with van der Waals surface area (Å²) in [6.07, 6.45) is 2.45. The van der Waals surface area contributed by atoms with Gasteiger partial charge in [0.2, 0.25) is 23.6 Å². The van der Waals surface area contributed by atoms with Gasteiger partial charge in [0, 0.05) is 52.1 Å². The van der Waals surface area contributed by atoms with Crippen molar-refractivity contribution in [2.75, 3.05) is 41.4 Å². The first-order chi connectivity index (χ1) is 34.9. The average Bonchev–Trinajstić information content (AvgIpc) is 3.95. The van der Waals surface area contributed by atoms with Crippen LogP contribution in [0.2, 0.25) is 0 Å². The molecular weight excluding hydrogens is 973 g/mol. The molecule has 74 heavy (non-hydrogen) atoms. The molecule has 2 aliphatic heterocycles. The molecule has 0 aliphatic carbocycles. The van der Waals surface area contributed by atoms with E-state index in [1.807, 2.05) is 83.8 Å². The zero-order valence-electron chi connectivity index (χ0n) is 45.3. The first kappa shape index (κ1) is 61.4. The highest BCUT2D eigenvalue weighted by Crippen LogP contribution is 2.31. The third-order valence-electron chi connectivity index (χ3n) is 14.7. The summed E-state index contributed by atoms with van der Waals surface area (Å²) in [7, 11) is 2.31. The number of carbonyl (C=O) groups is 7. The van der Waals surface area contributed by atoms with Gasteiger partial charge in [-0.3, -0.25) is 48.4 Å². The number of amides is 6. The lowest BCUT2D eigenvalue weighted by atomic mass is 9.87. The number of nitrogens with one attached hydrogen (secondary N) is 2. The number of methoxy groups -OCH3 is 2. The first-order valence-electron chi connectivity index (χ1n) is 26.0. The van der Waals surface area contributed by atoms with E-state index >= 15 is 0 Å². The summed E-state index contributed by atoms with van der Waals surface area (Å²) in [6, 6.07) is 13.1. The summed E-state index contributed by atoms with van der Waals surface area (Å²) in [5.74, 6) is -4.50. The number of hydroxylamine groups is 2. The van der Waals surface area contributed by atoms with Crippen molar-refractivity contribution in [3.05, 3.63) is 65.7 Å². The molecule has 9 atom stereocenters. The minimum atomic E-state index is -4.33. The lowest BCUT2D eigenvalue weighted by molar-refractivity contribution is -0.197. The quantitative estimate of drug-likeness (QED) is 0.0718. The molecular formula is C54H82N6O13S. The Hall–Kier alpha value is -5.12. The number of carbonyl (C=O) groups excluding carboxylic acids is 7. The fourth-order valence-corrected chi connectivity index (χ4v) is 11.1. The van der Waals surface area contributed by atoms with E-state index in [1.165, 1.54) is 12.1 Å². The third kappa shape index (κ3) is 16.9. The normalized spacial score (nSPS) is 18.6. The summed E-state index contributed by atoms with van der Waals surface area (Å²) >= 11 is 0. The fraction of sp³-hybridized carbons (Fsp3) is 0.648. The lowest BCUT2D eigenvalue weighted by Crippen LogP contribution is -2.60. The molecule has 0 bridgehead atoms. The maximum atomic E-state index is 14.6. The van der Waals surface area contributed by atoms with Crippen LogP contribution in [0.5, 0.6) is 0 Å². The molecule has 0 saturated carbocycles. The summed E-state index contributed by atoms with van der Waals surface area (Å²) in [5.41, 5.74) is 1.87. The third-order valence-corrected chi connectivity index (χ3v) is 15.5. The van der Waals surface area contributed by atoms with Gasteiger partial charge in [0.25, 0.3) is 21.9 Å². The number of ether oxygens (including phenoxy) is 2. The number of imide groups is 2. The van der Waals surface area contributed by atoms with Crippen LogP contribution < -0.4 is 10.6 Å². The Morgan fingerprint density at radius 1 is 0.824 bits per heavy atom. The van der Waals surface area contributed by atoms with E-state index in [-0.39, 0.29) is 79.2 Å². The average molecular weight is 1060 g/mol. The predicted octanol–water partition coefficient (Wildman–Crippen LogP) is 5.00. The number of likely N-dealkylation sites (N-methyl/N-ethyl adjacent to an activating group) is 2. The molecule has 2 saturated heterocycles. The van der Waals surface area contributed by atoms with Gasteiger partial charge in [-0.1, -0.05) is 97.4 Å². The van der Waals surface area contributed by atoms with E-state index in [9.17, 15) is 46.5 Å². The number of benzene rings is 2. The van der Waals surface area contributed by atoms with Crippen molar-refractivity contribution in [1.82, 2.24) is 30.4 Å². The SMILES string of the molecule is CC[C@H](C)[C@@H]([C@@H](CC(=O)N1CCC[C@H]1[C@H](OC)[C@@H](C)C(=O)N[C@H](CCc1ccc(S(=O)(=O)O)cc1)Cc1ccccc1)OC)N(C)[C@H](C(=O)NC(=O)[C@H](C(C)C)N(C)CCCC(=O)ON1C(=O)CCC1=O)C(C)C. The fourth-order valence-electron chi connectivity index (χ4n) is 10.7. The van der Waals surface area contributed by atoms with Gasteiger partial charge in [0.1, 0.15) is 0 Å². The Labute approximate surface area is 438 Å². The van der Waals surface area contributed by atoms with Crippen molar-refractivity contribution in [3.8, 4) is 0 Å². The molecule has 2 heterocycles. The molecule has 2 aromatic carbocycles. The maximum absolute atomic E-state index is 14.6. The van der Waals surface area contributed by atoms with E-state index in [2.05, 4.69) is 10.6 Å². The molecule has 0 spiro atoms. The smallest absolute Gasteiger partial charge is 0.333 e. The number of hydrogen-bond donors (Lipinski definition) is 3. The summed E-state index contributed by atoms with van der Waals surface area (Å²) < 4.78 is 44.9. The van der Waals surface area contributed by atoms with Crippen LogP contribution >= 0.6 is 0 Å². The van der Waals surface area contributed by atoms with Gasteiger partial charge >= 0.3 is 5.97 Å². The Morgan fingerprint density at radius 2 is 1.43 bits per heavy atom. The van der Waals surface area contributed by atoms with Crippen molar-refractivity contribution in [2.24, 2.45) is 23.7 Å². The van der Waals surface area contributed by atoms with E-state index in [4.69, 9.17) is 14.3 Å². The Bertz CT molecular complexity index is 2300. The maximum Gasteiger partial charge on any atom is 0.333 e. The molecule has 0 radical (unpaired) electrons. The standard InChI is InChI=1S/C54H82N6O13S/c1-12-36(6)50(58(9)49(35(4)5)54(67)56-53(66)48(34(2)3)57(8)30-17-21-47(64)73-60-44(61)28-29-45(60)62)43(71-10)33-46(63)59-31-16-20-42(59)51(72-11)37(7)52(65)55-40(32-39-18-14-13-15-19-39)25-22-38-23-26-41(27-24-38)74(68,69)70/h13-15,18-19,23-24,26-27,34-37,40,42-43,48-51H,12,16-17,20-22,25,28-33H2,1-11H3,(H,55,65)(H,56,66,67)(H,68,69,70)/t36-,37+,40+,42-,43+,48-,49-,50-,51+/m0/s1. The minimum Gasteiger partial charge on any atom is -0.379 e. The summed E-state index contributed by atoms with van der Waals surface area (Å²) in [4.78, 5) is 104. The Kier molecular flexibility index (Phi) is 23.8. The molecule has 2 aliphatic rings. The highest BCUT2D eigenvalue weighted by molar-refractivity contribution is 7.85. The van der Waals surface area contributed by atoms with Gasteiger partial charge < -0.3 is 24.5 Å². The number of likely N-dealkylation sites (tertiary alicyclic amines) is 1. The zero-order valence-corrected chi connectivity index (χ0v) is 46.1. The first-order valence-corrected chi connectivity index (χ1v) is 27.5. The molecule has 3 N–H and O–H groups in total. The van der Waals surface area contributed by atoms with Crippen LogP contribution in [0.3, 0.4) is 0 Å². The topological polar surface area (TPSA) is 239 Å². The summed E-state index contributed by atoms with van der Waals surface area (Å²) in [6.45, 7) is 14.1. The van der Waals surface area contributed by atoms with Crippen molar-refractivity contribution >= 4 is 51.5 Å². The number of aryl methyl sites for hydroxylation is 1. The van der Waals surface area contributed by atoms with Crippen molar-refractivity contribution < 1.29 is 60.8 Å². The van der Waals surface area contributed by atoms with Crippen molar-refractivity contribution in [3.63, 3.8) is 0 Å². The van der Waals surface area contributed by atoms with Crippen molar-refractivity contribution in [2.45, 2.75) is 166 Å². The molecule has 412 valence electrons. The molecule has 19 nitrogen and oxygen atoms in total. The van der Waals surface area contributed by atoms with E-state index in [0.717, 1.165) is 11.1 Å². The molecule has 0 aromatic heterocycles. The molecule has 2 aromatic rings. The largest absolute Gasteiger partial charge is 0.379 e. The molecule has 0 unspecified atom stereocenters. The van der Waals surface area contributed by atoms with Crippen LogP contribution in [-0.2, 0) is 70.8 Å². The van der Waals surface area contributed by atoms with Crippen LogP contribution in [0.15, 0.2) is 59.5 Å². The highest BCUT2D eigenvalue weighted by Gasteiger charge is 2.44. The Morgan fingerprint density at radius 3 is 1.99 bits per heavy atom. The van der Waals surface area contributed by atoms with Crippen molar-refractivity contribution in [1.29, 1.82) is 0 Å². The second-order valence-electron chi connectivity index (χ2n) is 20.7.